The molecule has 0 spiro atoms. The van der Waals surface area contributed by atoms with Crippen LogP contribution >= 0.6 is 0 Å². The Balaban J connectivity index is 1.93. The molecule has 2 heterocycles. The topological polar surface area (TPSA) is 15.3 Å². The number of hydrogen-bond acceptors (Lipinski definition) is 2. The molecule has 2 nitrogen and oxygen atoms in total. The van der Waals surface area contributed by atoms with E-state index >= 15 is 0 Å². The van der Waals surface area contributed by atoms with E-state index in [9.17, 15) is 0 Å². The number of piperidine rings is 1. The van der Waals surface area contributed by atoms with Crippen molar-refractivity contribution < 1.29 is 0 Å². The molecule has 2 atom stereocenters. The summed E-state index contributed by atoms with van der Waals surface area (Å²) in [5.74, 6) is 0.887. The summed E-state index contributed by atoms with van der Waals surface area (Å²) >= 11 is 0. The summed E-state index contributed by atoms with van der Waals surface area (Å²) in [5.41, 5.74) is 2.71. The molecular weight excluding hydrogens is 184 g/mol. The van der Waals surface area contributed by atoms with Crippen LogP contribution in [0.1, 0.15) is 19.8 Å². The second kappa shape index (κ2) is 3.44. The van der Waals surface area contributed by atoms with Crippen LogP contribution in [0.25, 0.3) is 0 Å². The zero-order chi connectivity index (χ0) is 10.3. The molecule has 80 valence electrons. The van der Waals surface area contributed by atoms with Gasteiger partial charge in [0.2, 0.25) is 0 Å². The van der Waals surface area contributed by atoms with Gasteiger partial charge in [-0.05, 0) is 30.9 Å². The molecule has 3 rings (SSSR count). The number of para-hydroxylation sites is 2. The van der Waals surface area contributed by atoms with Crippen molar-refractivity contribution in [2.75, 3.05) is 23.3 Å². The summed E-state index contributed by atoms with van der Waals surface area (Å²) in [6.45, 7) is 4.71. The lowest BCUT2D eigenvalue weighted by molar-refractivity contribution is 0.367. The normalized spacial score (nSPS) is 29.0. The van der Waals surface area contributed by atoms with Gasteiger partial charge >= 0.3 is 0 Å². The molecule has 0 aliphatic carbocycles. The molecule has 0 bridgehead atoms. The average molecular weight is 202 g/mol. The Labute approximate surface area is 91.3 Å². The Morgan fingerprint density at radius 1 is 1.33 bits per heavy atom. The molecule has 0 unspecified atom stereocenters. The number of anilines is 2. The number of benzene rings is 1. The van der Waals surface area contributed by atoms with Crippen LogP contribution in [0.2, 0.25) is 0 Å². The van der Waals surface area contributed by atoms with Crippen LogP contribution in [-0.2, 0) is 0 Å². The summed E-state index contributed by atoms with van der Waals surface area (Å²) in [5, 5.41) is 3.54. The van der Waals surface area contributed by atoms with E-state index in [0.29, 0.717) is 6.04 Å². The molecular formula is C13H18N2. The maximum atomic E-state index is 3.54. The zero-order valence-electron chi connectivity index (χ0n) is 9.24. The van der Waals surface area contributed by atoms with Gasteiger partial charge in [0.05, 0.1) is 11.4 Å². The molecule has 0 radical (unpaired) electrons. The second-order valence-electron chi connectivity index (χ2n) is 4.87. The number of fused-ring (bicyclic) bond motifs is 3. The minimum Gasteiger partial charge on any atom is -0.381 e. The summed E-state index contributed by atoms with van der Waals surface area (Å²) in [7, 11) is 0. The van der Waals surface area contributed by atoms with E-state index in [1.54, 1.807) is 0 Å². The molecule has 1 N–H and O–H groups in total. The van der Waals surface area contributed by atoms with Gasteiger partial charge in [0.25, 0.3) is 0 Å². The third-order valence-electron chi connectivity index (χ3n) is 3.72. The first-order valence-corrected chi connectivity index (χ1v) is 5.94. The number of nitrogens with one attached hydrogen (secondary N) is 1. The first-order chi connectivity index (χ1) is 7.34. The van der Waals surface area contributed by atoms with Crippen LogP contribution in [0.5, 0.6) is 0 Å². The van der Waals surface area contributed by atoms with Gasteiger partial charge in [-0.15, -0.1) is 0 Å². The Kier molecular flexibility index (Phi) is 2.08. The lowest BCUT2D eigenvalue weighted by atomic mass is 9.90. The first kappa shape index (κ1) is 9.08. The fraction of sp³-hybridized carbons (Fsp3) is 0.538. The first-order valence-electron chi connectivity index (χ1n) is 5.94. The van der Waals surface area contributed by atoms with Gasteiger partial charge in [0.15, 0.2) is 0 Å². The third-order valence-corrected chi connectivity index (χ3v) is 3.72. The van der Waals surface area contributed by atoms with Gasteiger partial charge in [-0.2, -0.15) is 0 Å². The third kappa shape index (κ3) is 1.48. The smallest absolute Gasteiger partial charge is 0.0605 e. The van der Waals surface area contributed by atoms with Crippen LogP contribution in [0.4, 0.5) is 11.4 Å². The Morgan fingerprint density at radius 3 is 3.13 bits per heavy atom. The fourth-order valence-electron chi connectivity index (χ4n) is 2.86. The van der Waals surface area contributed by atoms with Gasteiger partial charge in [0.1, 0.15) is 0 Å². The monoisotopic (exact) mass is 202 g/mol. The molecule has 2 aliphatic heterocycles. The molecule has 1 aromatic carbocycles. The maximum Gasteiger partial charge on any atom is 0.0605 e. The van der Waals surface area contributed by atoms with E-state index < -0.39 is 0 Å². The molecule has 2 heteroatoms. The summed E-state index contributed by atoms with van der Waals surface area (Å²) in [6.07, 6.45) is 2.67. The van der Waals surface area contributed by atoms with Crippen molar-refractivity contribution in [1.82, 2.24) is 0 Å². The van der Waals surface area contributed by atoms with Crippen molar-refractivity contribution >= 4 is 11.4 Å². The lowest BCUT2D eigenvalue weighted by Crippen LogP contribution is -2.48. The Morgan fingerprint density at radius 2 is 2.20 bits per heavy atom. The highest BCUT2D eigenvalue weighted by Crippen LogP contribution is 2.36. The summed E-state index contributed by atoms with van der Waals surface area (Å²) in [6, 6.07) is 9.39. The van der Waals surface area contributed by atoms with E-state index in [4.69, 9.17) is 0 Å². The van der Waals surface area contributed by atoms with E-state index in [-0.39, 0.29) is 0 Å². The van der Waals surface area contributed by atoms with Gasteiger partial charge in [-0.25, -0.2) is 0 Å². The van der Waals surface area contributed by atoms with Gasteiger partial charge in [-0.1, -0.05) is 19.1 Å². The number of nitrogens with zero attached hydrogens (tertiary/aromatic N) is 1. The zero-order valence-corrected chi connectivity index (χ0v) is 9.24. The van der Waals surface area contributed by atoms with Crippen molar-refractivity contribution in [3.63, 3.8) is 0 Å². The highest BCUT2D eigenvalue weighted by molar-refractivity contribution is 5.72. The molecule has 1 saturated heterocycles. The predicted molar refractivity (Wildman–Crippen MR) is 64.5 cm³/mol. The van der Waals surface area contributed by atoms with E-state index in [2.05, 4.69) is 41.4 Å². The largest absolute Gasteiger partial charge is 0.381 e. The van der Waals surface area contributed by atoms with Gasteiger partial charge in [-0.3, -0.25) is 0 Å². The van der Waals surface area contributed by atoms with Crippen LogP contribution in [-0.4, -0.2) is 19.1 Å². The second-order valence-corrected chi connectivity index (χ2v) is 4.87. The number of rotatable bonds is 0. The molecule has 0 aromatic heterocycles. The molecule has 15 heavy (non-hydrogen) atoms. The lowest BCUT2D eigenvalue weighted by Gasteiger charge is -2.44. The van der Waals surface area contributed by atoms with Crippen molar-refractivity contribution in [2.24, 2.45) is 5.92 Å². The SMILES string of the molecule is C[C@@H]1CCN2c3ccccc3NC[C@@H]2C1. The fourth-order valence-corrected chi connectivity index (χ4v) is 2.86. The van der Waals surface area contributed by atoms with Crippen LogP contribution in [0.15, 0.2) is 24.3 Å². The van der Waals surface area contributed by atoms with E-state index in [1.807, 2.05) is 0 Å². The average Bonchev–Trinajstić information content (AvgIpc) is 2.28. The molecule has 1 aromatic rings. The molecule has 0 saturated carbocycles. The highest BCUT2D eigenvalue weighted by Gasteiger charge is 2.30. The molecule has 0 amide bonds. The quantitative estimate of drug-likeness (QED) is 0.696. The minimum atomic E-state index is 0.712. The van der Waals surface area contributed by atoms with Crippen molar-refractivity contribution in [3.8, 4) is 0 Å². The highest BCUT2D eigenvalue weighted by atomic mass is 15.2. The standard InChI is InChI=1S/C13H18N2/c1-10-6-7-15-11(8-10)9-14-12-4-2-3-5-13(12)15/h2-5,10-11,14H,6-9H2,1H3/t10-,11+/m1/s1. The predicted octanol–water partition coefficient (Wildman–Crippen LogP) is 2.72. The van der Waals surface area contributed by atoms with Gasteiger partial charge in [0, 0.05) is 19.1 Å². The maximum absolute atomic E-state index is 3.54. The van der Waals surface area contributed by atoms with Crippen LogP contribution in [0, 0.1) is 5.92 Å². The van der Waals surface area contributed by atoms with Crippen LogP contribution in [0.3, 0.4) is 0 Å². The van der Waals surface area contributed by atoms with E-state index in [0.717, 1.165) is 12.5 Å². The Hall–Kier alpha value is -1.18. The molecule has 1 fully saturated rings. The van der Waals surface area contributed by atoms with Crippen molar-refractivity contribution in [3.05, 3.63) is 24.3 Å². The van der Waals surface area contributed by atoms with Crippen LogP contribution < -0.4 is 10.2 Å². The Bertz CT molecular complexity index is 361. The molecule has 2 aliphatic rings. The van der Waals surface area contributed by atoms with Gasteiger partial charge < -0.3 is 10.2 Å². The van der Waals surface area contributed by atoms with E-state index in [1.165, 1.54) is 30.8 Å². The van der Waals surface area contributed by atoms with Crippen molar-refractivity contribution in [1.29, 1.82) is 0 Å². The summed E-state index contributed by atoms with van der Waals surface area (Å²) in [4.78, 5) is 2.59. The number of hydrogen-bond donors (Lipinski definition) is 1. The minimum absolute atomic E-state index is 0.712. The summed E-state index contributed by atoms with van der Waals surface area (Å²) < 4.78 is 0. The van der Waals surface area contributed by atoms with Crippen molar-refractivity contribution in [2.45, 2.75) is 25.8 Å².